The first kappa shape index (κ1) is 58.0. The molecule has 8 aromatic heterocycles. The number of nitrogens with zero attached hydrogens (tertiary/aromatic N) is 8. The molecule has 0 unspecified atom stereocenters. The van der Waals surface area contributed by atoms with E-state index in [0.717, 1.165) is 123 Å². The number of rotatable bonds is 9. The number of carboxylic acid groups (broad SMARTS) is 2. The summed E-state index contributed by atoms with van der Waals surface area (Å²) in [6.45, 7) is 0. The Balaban J connectivity index is 0.000000470. The Hall–Kier alpha value is -10.8. The summed E-state index contributed by atoms with van der Waals surface area (Å²) in [7, 11) is 0. The number of carboxylic acids is 2. The number of carbonyl (C=O) groups excluding carboxylic acids is 2. The second-order valence-electron chi connectivity index (χ2n) is 19.5. The van der Waals surface area contributed by atoms with Crippen molar-refractivity contribution in [2.75, 3.05) is 0 Å². The molecule has 6 aromatic carbocycles. The summed E-state index contributed by atoms with van der Waals surface area (Å²) < 4.78 is 72.5. The minimum atomic E-state index is -5.19. The van der Waals surface area contributed by atoms with Gasteiger partial charge in [-0.3, -0.25) is 19.9 Å². The number of aromatic nitrogens is 8. The maximum absolute atomic E-state index is 10.5. The number of hydrogen-bond acceptors (Lipinski definition) is 8. The average Bonchev–Trinajstić information content (AvgIpc) is 1.61. The third kappa shape index (κ3) is 11.3. The zero-order valence-corrected chi connectivity index (χ0v) is 48.4. The molecule has 14 aromatic rings. The van der Waals surface area contributed by atoms with Gasteiger partial charge in [0.1, 0.15) is 11.9 Å². The molecule has 0 bridgehead atoms. The topological polar surface area (TPSA) is 152 Å². The Bertz CT molecular complexity index is 4480. The van der Waals surface area contributed by atoms with Crippen LogP contribution in [0.3, 0.4) is 0 Å². The van der Waals surface area contributed by atoms with Crippen LogP contribution in [0.1, 0.15) is 0 Å². The van der Waals surface area contributed by atoms with Gasteiger partial charge in [0.25, 0.3) is 0 Å². The quantitative estimate of drug-likeness (QED) is 0.102. The Morgan fingerprint density at radius 2 is 0.598 bits per heavy atom. The van der Waals surface area contributed by atoms with Crippen LogP contribution in [0.4, 0.5) is 26.3 Å². The van der Waals surface area contributed by atoms with Gasteiger partial charge in [-0.1, -0.05) is 97.1 Å². The summed E-state index contributed by atoms with van der Waals surface area (Å²) in [5, 5.41) is 22.1. The standard InChI is InChI=1S/C64H42N8.2C2HF3O2.Zn/c1-5-25-55-43(17-1)41-59(51-21-9-13-37-65-51)69(55)45-29-33-47(34-30-45)71-57-27-7-3-19-49(57)61(63(71)53-23-11-15-39-67-53)62-50-20-4-8-28-58(50)72(64(62)54-24-12-16-40-68-54)48-35-31-46(32-36-48)70-56-26-6-2-18-44(56)42-60(70)52-22-10-14-38-66-52;2*3-2(4,5)1(6)7;/h1-42H;2*(H,6,7);/q;;;+2/p-2. The molecule has 0 aliphatic heterocycles. The molecule has 0 atom stereocenters. The number of carbonyl (C=O) groups is 2. The number of fused-ring (bicyclic) bond motifs is 4. The van der Waals surface area contributed by atoms with E-state index >= 15 is 0 Å². The molecule has 14 rings (SSSR count). The van der Waals surface area contributed by atoms with Gasteiger partial charge in [-0.25, -0.2) is 0 Å². The molecule has 19 heteroatoms. The Labute approximate surface area is 503 Å². The van der Waals surface area contributed by atoms with E-state index in [0.29, 0.717) is 0 Å². The molecule has 0 saturated heterocycles. The number of para-hydroxylation sites is 4. The minimum Gasteiger partial charge on any atom is -0.542 e. The summed E-state index contributed by atoms with van der Waals surface area (Å²) in [4.78, 5) is 37.4. The minimum absolute atomic E-state index is 0. The summed E-state index contributed by atoms with van der Waals surface area (Å²) in [5.74, 6) is -6.01. The van der Waals surface area contributed by atoms with Crippen LogP contribution in [0, 0.1) is 0 Å². The molecule has 0 amide bonds. The number of pyridine rings is 4. The Kier molecular flexibility index (Phi) is 16.0. The Morgan fingerprint density at radius 1 is 0.333 bits per heavy atom. The summed E-state index contributed by atoms with van der Waals surface area (Å²) in [6.07, 6.45) is -2.91. The molecule has 0 aliphatic carbocycles. The first-order valence-corrected chi connectivity index (χ1v) is 26.6. The summed E-state index contributed by atoms with van der Waals surface area (Å²) >= 11 is 0. The number of aliphatic carboxylic acids is 2. The van der Waals surface area contributed by atoms with Gasteiger partial charge in [-0.15, -0.1) is 0 Å². The number of halogens is 6. The molecule has 422 valence electrons. The molecule has 0 spiro atoms. The smallest absolute Gasteiger partial charge is 0.542 e. The largest absolute Gasteiger partial charge is 2.00 e. The van der Waals surface area contributed by atoms with E-state index in [2.05, 4.69) is 212 Å². The Morgan fingerprint density at radius 3 is 0.897 bits per heavy atom. The van der Waals surface area contributed by atoms with Gasteiger partial charge in [-0.05, 0) is 133 Å². The fourth-order valence-electron chi connectivity index (χ4n) is 10.8. The van der Waals surface area contributed by atoms with Crippen LogP contribution >= 0.6 is 0 Å². The van der Waals surface area contributed by atoms with Crippen molar-refractivity contribution in [3.05, 3.63) is 255 Å². The van der Waals surface area contributed by atoms with E-state index in [1.807, 2.05) is 61.2 Å². The summed E-state index contributed by atoms with van der Waals surface area (Å²) in [6, 6.07) is 81.2. The number of benzene rings is 6. The van der Waals surface area contributed by atoms with Gasteiger partial charge >= 0.3 is 31.8 Å². The van der Waals surface area contributed by atoms with Gasteiger partial charge in [0.05, 0.1) is 67.6 Å². The molecule has 8 heterocycles. The molecular formula is C68H42F6N8O4Zn. The van der Waals surface area contributed by atoms with E-state index in [1.54, 1.807) is 0 Å². The van der Waals surface area contributed by atoms with Crippen molar-refractivity contribution in [3.63, 3.8) is 0 Å². The fourth-order valence-corrected chi connectivity index (χ4v) is 10.8. The zero-order chi connectivity index (χ0) is 59.7. The monoisotopic (exact) mass is 1210 g/mol. The van der Waals surface area contributed by atoms with Crippen LogP contribution in [0.2, 0.25) is 0 Å². The first-order valence-electron chi connectivity index (χ1n) is 26.6. The van der Waals surface area contributed by atoms with Gasteiger partial charge in [0, 0.05) is 80.2 Å². The van der Waals surface area contributed by atoms with Crippen molar-refractivity contribution in [2.45, 2.75) is 12.4 Å². The molecule has 0 saturated carbocycles. The van der Waals surface area contributed by atoms with Crippen LogP contribution in [0.15, 0.2) is 255 Å². The van der Waals surface area contributed by atoms with Gasteiger partial charge in [0.15, 0.2) is 0 Å². The average molecular weight is 1210 g/mol. The first-order chi connectivity index (χ1) is 41.7. The predicted molar refractivity (Wildman–Crippen MR) is 314 cm³/mol. The maximum Gasteiger partial charge on any atom is 2.00 e. The molecule has 0 fully saturated rings. The third-order valence-electron chi connectivity index (χ3n) is 14.3. The van der Waals surface area contributed by atoms with E-state index in [-0.39, 0.29) is 19.5 Å². The second-order valence-corrected chi connectivity index (χ2v) is 19.5. The zero-order valence-electron chi connectivity index (χ0n) is 45.4. The molecule has 0 N–H and O–H groups in total. The van der Waals surface area contributed by atoms with Crippen LogP contribution in [-0.2, 0) is 29.1 Å². The second kappa shape index (κ2) is 24.1. The van der Waals surface area contributed by atoms with Crippen LogP contribution in [0.25, 0.3) is 123 Å². The summed E-state index contributed by atoms with van der Waals surface area (Å²) in [5.41, 5.74) is 18.2. The van der Waals surface area contributed by atoms with E-state index in [9.17, 15) is 26.3 Å². The van der Waals surface area contributed by atoms with Gasteiger partial charge in [-0.2, -0.15) is 26.3 Å². The van der Waals surface area contributed by atoms with Crippen LogP contribution in [-0.4, -0.2) is 62.5 Å². The van der Waals surface area contributed by atoms with Crippen molar-refractivity contribution in [1.29, 1.82) is 0 Å². The number of hydrogen-bond donors (Lipinski definition) is 0. The van der Waals surface area contributed by atoms with Crippen molar-refractivity contribution in [1.82, 2.24) is 38.2 Å². The molecule has 0 aliphatic rings. The maximum atomic E-state index is 10.5. The third-order valence-corrected chi connectivity index (χ3v) is 14.3. The molecule has 87 heavy (non-hydrogen) atoms. The van der Waals surface area contributed by atoms with E-state index in [4.69, 9.17) is 39.7 Å². The van der Waals surface area contributed by atoms with Crippen LogP contribution in [0.5, 0.6) is 0 Å². The van der Waals surface area contributed by atoms with Gasteiger partial charge < -0.3 is 38.1 Å². The predicted octanol–water partition coefficient (Wildman–Crippen LogP) is 14.0. The van der Waals surface area contributed by atoms with E-state index < -0.39 is 24.3 Å². The molecule has 12 nitrogen and oxygen atoms in total. The molecule has 0 radical (unpaired) electrons. The van der Waals surface area contributed by atoms with Crippen molar-refractivity contribution in [3.8, 4) is 79.4 Å². The SMILES string of the molecule is O=C([O-])C(F)(F)F.O=C([O-])C(F)(F)F.[Zn+2].c1ccc(-c2cc3ccccc3n2-c2ccc(-n3c(-c4ccccn4)c(-c4c(-c5ccccn5)n(-c5ccc(-n6c(-c7ccccn7)cc7ccccc76)cc5)c5ccccc45)c4ccccc43)cc2)nc1. The van der Waals surface area contributed by atoms with Crippen molar-refractivity contribution < 1.29 is 65.6 Å². The normalized spacial score (nSPS) is 11.4. The van der Waals surface area contributed by atoms with Crippen LogP contribution < -0.4 is 10.2 Å². The van der Waals surface area contributed by atoms with Crippen molar-refractivity contribution >= 4 is 55.6 Å². The van der Waals surface area contributed by atoms with Gasteiger partial charge in [0.2, 0.25) is 0 Å². The van der Waals surface area contributed by atoms with E-state index in [1.165, 1.54) is 0 Å². The fraction of sp³-hybridized carbons (Fsp3) is 0.0294. The number of alkyl halides is 6. The van der Waals surface area contributed by atoms with Crippen molar-refractivity contribution in [2.24, 2.45) is 0 Å². The molecular weight excluding hydrogens is 1170 g/mol.